The number of amides is 1. The summed E-state index contributed by atoms with van der Waals surface area (Å²) in [6.45, 7) is 4.04. The second kappa shape index (κ2) is 9.65. The molecule has 2 aromatic rings. The highest BCUT2D eigenvalue weighted by molar-refractivity contribution is 7.98. The summed E-state index contributed by atoms with van der Waals surface area (Å²) in [6, 6.07) is 3.23. The van der Waals surface area contributed by atoms with Crippen LogP contribution in [0, 0.1) is 12.8 Å². The van der Waals surface area contributed by atoms with Crippen LogP contribution >= 0.6 is 35.0 Å². The zero-order chi connectivity index (χ0) is 23.7. The molecule has 1 fully saturated rings. The van der Waals surface area contributed by atoms with E-state index in [1.807, 2.05) is 13.2 Å². The summed E-state index contributed by atoms with van der Waals surface area (Å²) < 4.78 is 39.8. The number of anilines is 2. The zero-order valence-electron chi connectivity index (χ0n) is 17.8. The summed E-state index contributed by atoms with van der Waals surface area (Å²) in [5.41, 5.74) is -0.814. The van der Waals surface area contributed by atoms with Gasteiger partial charge in [-0.2, -0.15) is 13.2 Å². The van der Waals surface area contributed by atoms with E-state index in [1.165, 1.54) is 24.9 Å². The van der Waals surface area contributed by atoms with E-state index in [9.17, 15) is 18.0 Å². The van der Waals surface area contributed by atoms with Gasteiger partial charge < -0.3 is 10.2 Å². The third-order valence-corrected chi connectivity index (χ3v) is 7.38. The molecule has 32 heavy (non-hydrogen) atoms. The van der Waals surface area contributed by atoms with Crippen LogP contribution in [0.4, 0.5) is 24.7 Å². The number of pyridine rings is 2. The minimum atomic E-state index is -4.64. The van der Waals surface area contributed by atoms with Gasteiger partial charge in [-0.15, -0.1) is 35.0 Å². The van der Waals surface area contributed by atoms with Gasteiger partial charge in [0.15, 0.2) is 0 Å². The molecule has 1 unspecified atom stereocenters. The molecule has 1 aliphatic heterocycles. The lowest BCUT2D eigenvalue weighted by molar-refractivity contribution is -0.138. The minimum Gasteiger partial charge on any atom is -0.356 e. The molecule has 3 rings (SSSR count). The number of thioether (sulfide) groups is 1. The standard InChI is InChI=1S/C21H23Cl2F3N4OS/c1-12-5-8-30(9-6-20(12,22)23)18-17(13(2)15(11-28-18)21(24,25)26)19(31)29-14-4-7-27-16(10-14)32-3/h4,7,10-12H,5-6,8-9H2,1-3H3,(H,27,29,31). The number of nitrogens with zero attached hydrogens (tertiary/aromatic N) is 3. The number of rotatable bonds is 4. The van der Waals surface area contributed by atoms with E-state index in [1.54, 1.807) is 17.0 Å². The average molecular weight is 507 g/mol. The summed E-state index contributed by atoms with van der Waals surface area (Å²) in [6.07, 6.45) is 0.501. The van der Waals surface area contributed by atoms with Gasteiger partial charge in [-0.25, -0.2) is 9.97 Å². The van der Waals surface area contributed by atoms with Gasteiger partial charge in [-0.3, -0.25) is 4.79 Å². The second-order valence-corrected chi connectivity index (χ2v) is 10.1. The van der Waals surface area contributed by atoms with Gasteiger partial charge in [0, 0.05) is 31.2 Å². The number of carbonyl (C=O) groups excluding carboxylic acids is 1. The molecule has 3 heterocycles. The molecule has 1 atom stereocenters. The Balaban J connectivity index is 2.04. The molecule has 5 nitrogen and oxygen atoms in total. The number of halogens is 5. The van der Waals surface area contributed by atoms with E-state index >= 15 is 0 Å². The molecule has 0 spiro atoms. The van der Waals surface area contributed by atoms with Crippen molar-refractivity contribution in [2.45, 2.75) is 42.2 Å². The number of nitrogens with one attached hydrogen (secondary N) is 1. The Bertz CT molecular complexity index is 1000. The number of carbonyl (C=O) groups is 1. The van der Waals surface area contributed by atoms with Crippen molar-refractivity contribution < 1.29 is 18.0 Å². The number of alkyl halides is 5. The normalized spacial score (nSPS) is 18.9. The monoisotopic (exact) mass is 506 g/mol. The van der Waals surface area contributed by atoms with Crippen LogP contribution in [0.15, 0.2) is 29.6 Å². The second-order valence-electron chi connectivity index (χ2n) is 7.72. The fraction of sp³-hybridized carbons (Fsp3) is 0.476. The van der Waals surface area contributed by atoms with Gasteiger partial charge >= 0.3 is 6.18 Å². The molecule has 0 aromatic carbocycles. The fourth-order valence-corrected chi connectivity index (χ4v) is 4.39. The topological polar surface area (TPSA) is 58.1 Å². The van der Waals surface area contributed by atoms with Crippen LogP contribution in [-0.4, -0.2) is 39.6 Å². The smallest absolute Gasteiger partial charge is 0.356 e. The van der Waals surface area contributed by atoms with Gasteiger partial charge in [-0.05, 0) is 49.6 Å². The van der Waals surface area contributed by atoms with Gasteiger partial charge in [-0.1, -0.05) is 6.92 Å². The lowest BCUT2D eigenvalue weighted by Crippen LogP contribution is -2.30. The first-order valence-electron chi connectivity index (χ1n) is 9.95. The quantitative estimate of drug-likeness (QED) is 0.395. The SMILES string of the molecule is CSc1cc(NC(=O)c2c(N3CCC(C)C(Cl)(Cl)CC3)ncc(C(F)(F)F)c2C)ccn1. The largest absolute Gasteiger partial charge is 0.418 e. The molecular formula is C21H23Cl2F3N4OS. The van der Waals surface area contributed by atoms with Crippen LogP contribution in [0.25, 0.3) is 0 Å². The highest BCUT2D eigenvalue weighted by Gasteiger charge is 2.38. The molecule has 0 bridgehead atoms. The van der Waals surface area contributed by atoms with Crippen LogP contribution < -0.4 is 10.2 Å². The van der Waals surface area contributed by atoms with E-state index in [0.29, 0.717) is 36.6 Å². The Morgan fingerprint density at radius 3 is 2.69 bits per heavy atom. The minimum absolute atomic E-state index is 0.0227. The summed E-state index contributed by atoms with van der Waals surface area (Å²) in [5, 5.41) is 3.36. The Morgan fingerprint density at radius 1 is 1.31 bits per heavy atom. The number of aromatic nitrogens is 2. The van der Waals surface area contributed by atoms with Crippen molar-refractivity contribution in [2.24, 2.45) is 5.92 Å². The maximum absolute atomic E-state index is 13.6. The Kier molecular flexibility index (Phi) is 7.51. The highest BCUT2D eigenvalue weighted by atomic mass is 35.5. The number of hydrogen-bond acceptors (Lipinski definition) is 5. The third-order valence-electron chi connectivity index (χ3n) is 5.62. The van der Waals surface area contributed by atoms with Crippen molar-refractivity contribution in [2.75, 3.05) is 29.6 Å². The Hall–Kier alpha value is -1.71. The Morgan fingerprint density at radius 2 is 2.03 bits per heavy atom. The molecule has 1 aliphatic rings. The first kappa shape index (κ1) is 24.9. The van der Waals surface area contributed by atoms with Crippen LogP contribution in [0.5, 0.6) is 0 Å². The van der Waals surface area contributed by atoms with Crippen molar-refractivity contribution in [1.82, 2.24) is 9.97 Å². The van der Waals surface area contributed by atoms with Gasteiger partial charge in [0.1, 0.15) is 10.2 Å². The zero-order valence-corrected chi connectivity index (χ0v) is 20.1. The third kappa shape index (κ3) is 5.43. The van der Waals surface area contributed by atoms with Gasteiger partial charge in [0.2, 0.25) is 0 Å². The summed E-state index contributed by atoms with van der Waals surface area (Å²) in [4.78, 5) is 23.2. The van der Waals surface area contributed by atoms with Crippen molar-refractivity contribution in [1.29, 1.82) is 0 Å². The molecule has 11 heteroatoms. The summed E-state index contributed by atoms with van der Waals surface area (Å²) in [5.74, 6) is -0.509. The maximum Gasteiger partial charge on any atom is 0.418 e. The van der Waals surface area contributed by atoms with E-state index in [0.717, 1.165) is 6.20 Å². The van der Waals surface area contributed by atoms with Crippen LogP contribution in [0.2, 0.25) is 0 Å². The van der Waals surface area contributed by atoms with Crippen molar-refractivity contribution >= 4 is 52.4 Å². The predicted molar refractivity (Wildman–Crippen MR) is 123 cm³/mol. The Labute approximate surface area is 199 Å². The highest BCUT2D eigenvalue weighted by Crippen LogP contribution is 2.40. The molecule has 1 saturated heterocycles. The molecular weight excluding hydrogens is 484 g/mol. The van der Waals surface area contributed by atoms with Crippen molar-refractivity contribution in [3.05, 3.63) is 41.2 Å². The van der Waals surface area contributed by atoms with Gasteiger partial charge in [0.05, 0.1) is 16.2 Å². The molecule has 1 N–H and O–H groups in total. The molecule has 0 saturated carbocycles. The summed E-state index contributed by atoms with van der Waals surface area (Å²) in [7, 11) is 0. The first-order valence-corrected chi connectivity index (χ1v) is 11.9. The lowest BCUT2D eigenvalue weighted by Gasteiger charge is -2.26. The maximum atomic E-state index is 13.6. The molecule has 0 aliphatic carbocycles. The van der Waals surface area contributed by atoms with E-state index in [-0.39, 0.29) is 22.9 Å². The molecule has 1 amide bonds. The van der Waals surface area contributed by atoms with Gasteiger partial charge in [0.25, 0.3) is 5.91 Å². The first-order chi connectivity index (χ1) is 14.9. The van der Waals surface area contributed by atoms with E-state index in [4.69, 9.17) is 23.2 Å². The van der Waals surface area contributed by atoms with Crippen LogP contribution in [0.1, 0.15) is 41.3 Å². The lowest BCUT2D eigenvalue weighted by atomic mass is 10.0. The fourth-order valence-electron chi connectivity index (χ4n) is 3.59. The van der Waals surface area contributed by atoms with Crippen molar-refractivity contribution in [3.63, 3.8) is 0 Å². The van der Waals surface area contributed by atoms with Crippen LogP contribution in [-0.2, 0) is 6.18 Å². The van der Waals surface area contributed by atoms with Crippen molar-refractivity contribution in [3.8, 4) is 0 Å². The molecule has 174 valence electrons. The van der Waals surface area contributed by atoms with E-state index < -0.39 is 22.0 Å². The number of hydrogen-bond donors (Lipinski definition) is 1. The molecule has 2 aromatic heterocycles. The van der Waals surface area contributed by atoms with Crippen LogP contribution in [0.3, 0.4) is 0 Å². The predicted octanol–water partition coefficient (Wildman–Crippen LogP) is 6.19. The average Bonchev–Trinajstić information content (AvgIpc) is 2.85. The summed E-state index contributed by atoms with van der Waals surface area (Å²) >= 11 is 14.2. The van der Waals surface area contributed by atoms with E-state index in [2.05, 4.69) is 15.3 Å². The molecule has 0 radical (unpaired) electrons.